The van der Waals surface area contributed by atoms with Crippen LogP contribution in [0.1, 0.15) is 24.3 Å². The number of aliphatic hydroxyl groups excluding tert-OH is 1. The first kappa shape index (κ1) is 18.0. The molecule has 2 N–H and O–H groups in total. The van der Waals surface area contributed by atoms with Crippen molar-refractivity contribution in [1.29, 1.82) is 0 Å². The number of hydrogen-bond donors (Lipinski definition) is 2. The predicted octanol–water partition coefficient (Wildman–Crippen LogP) is 4.70. The van der Waals surface area contributed by atoms with Gasteiger partial charge in [0.1, 0.15) is 5.82 Å². The number of benzene rings is 1. The molecule has 5 nitrogen and oxygen atoms in total. The molecule has 6 heteroatoms. The number of rotatable bonds is 4. The molecule has 0 amide bonds. The van der Waals surface area contributed by atoms with Gasteiger partial charge in [0.25, 0.3) is 0 Å². The second-order valence-corrected chi connectivity index (χ2v) is 6.67. The summed E-state index contributed by atoms with van der Waals surface area (Å²) in [6.45, 7) is 3.59. The summed E-state index contributed by atoms with van der Waals surface area (Å²) in [5, 5.41) is 16.8. The molecule has 0 aliphatic carbocycles. The number of halogens is 1. The van der Waals surface area contributed by atoms with Crippen LogP contribution < -0.4 is 0 Å². The van der Waals surface area contributed by atoms with Crippen molar-refractivity contribution >= 4 is 0 Å². The molecule has 1 unspecified atom stereocenters. The Morgan fingerprint density at radius 1 is 1.00 bits per heavy atom. The third-order valence-electron chi connectivity index (χ3n) is 4.61. The molecule has 0 aliphatic rings. The van der Waals surface area contributed by atoms with E-state index in [0.29, 0.717) is 16.8 Å². The van der Waals surface area contributed by atoms with Gasteiger partial charge in [-0.1, -0.05) is 18.2 Å². The third-order valence-corrected chi connectivity index (χ3v) is 4.61. The van der Waals surface area contributed by atoms with Gasteiger partial charge in [0.15, 0.2) is 0 Å². The van der Waals surface area contributed by atoms with Crippen molar-refractivity contribution in [2.24, 2.45) is 0 Å². The molecule has 3 aromatic heterocycles. The van der Waals surface area contributed by atoms with Crippen LogP contribution in [0, 0.1) is 12.7 Å². The molecule has 0 radical (unpaired) electrons. The minimum Gasteiger partial charge on any atom is -0.389 e. The van der Waals surface area contributed by atoms with Crippen molar-refractivity contribution in [2.75, 3.05) is 0 Å². The number of aryl methyl sites for hydroxylation is 1. The van der Waals surface area contributed by atoms with Gasteiger partial charge in [-0.2, -0.15) is 5.10 Å². The maximum atomic E-state index is 14.5. The van der Waals surface area contributed by atoms with E-state index in [1.165, 1.54) is 6.07 Å². The summed E-state index contributed by atoms with van der Waals surface area (Å²) < 4.78 is 14.5. The minimum absolute atomic E-state index is 0.361. The summed E-state index contributed by atoms with van der Waals surface area (Å²) in [4.78, 5) is 8.85. The van der Waals surface area contributed by atoms with Crippen LogP contribution in [0.5, 0.6) is 0 Å². The summed E-state index contributed by atoms with van der Waals surface area (Å²) in [5.41, 5.74) is 5.67. The lowest BCUT2D eigenvalue weighted by Gasteiger charge is -2.09. The largest absolute Gasteiger partial charge is 0.389 e. The average Bonchev–Trinajstić information content (AvgIpc) is 3.18. The Morgan fingerprint density at radius 3 is 2.57 bits per heavy atom. The second kappa shape index (κ2) is 7.32. The molecule has 0 spiro atoms. The molecule has 140 valence electrons. The third kappa shape index (κ3) is 3.42. The highest BCUT2D eigenvalue weighted by Gasteiger charge is 2.15. The fourth-order valence-corrected chi connectivity index (χ4v) is 3.08. The van der Waals surface area contributed by atoms with Crippen LogP contribution in [-0.4, -0.2) is 25.3 Å². The van der Waals surface area contributed by atoms with Crippen LogP contribution in [0.2, 0.25) is 0 Å². The van der Waals surface area contributed by atoms with Crippen LogP contribution in [0.4, 0.5) is 4.39 Å². The normalized spacial score (nSPS) is 12.1. The summed E-state index contributed by atoms with van der Waals surface area (Å²) in [6.07, 6.45) is 2.65. The second-order valence-electron chi connectivity index (χ2n) is 6.67. The van der Waals surface area contributed by atoms with Crippen LogP contribution in [0.15, 0.2) is 60.9 Å². The van der Waals surface area contributed by atoms with E-state index in [1.54, 1.807) is 43.6 Å². The smallest absolute Gasteiger partial charge is 0.132 e. The van der Waals surface area contributed by atoms with E-state index >= 15 is 0 Å². The summed E-state index contributed by atoms with van der Waals surface area (Å²) >= 11 is 0. The summed E-state index contributed by atoms with van der Waals surface area (Å²) in [7, 11) is 0. The molecule has 0 saturated carbocycles. The van der Waals surface area contributed by atoms with Crippen LogP contribution >= 0.6 is 0 Å². The van der Waals surface area contributed by atoms with E-state index in [0.717, 1.165) is 28.2 Å². The molecular weight excluding hydrogens is 355 g/mol. The fraction of sp³-hybridized carbons (Fsp3) is 0.136. The van der Waals surface area contributed by atoms with Crippen molar-refractivity contribution in [3.63, 3.8) is 0 Å². The van der Waals surface area contributed by atoms with E-state index in [9.17, 15) is 9.50 Å². The van der Waals surface area contributed by atoms with Gasteiger partial charge in [0.05, 0.1) is 29.4 Å². The van der Waals surface area contributed by atoms with Crippen molar-refractivity contribution in [3.8, 4) is 33.8 Å². The molecule has 0 bridgehead atoms. The fourth-order valence-electron chi connectivity index (χ4n) is 3.08. The average molecular weight is 374 g/mol. The Bertz CT molecular complexity index is 1120. The minimum atomic E-state index is -0.618. The van der Waals surface area contributed by atoms with Gasteiger partial charge in [0.2, 0.25) is 0 Å². The molecule has 0 saturated heterocycles. The Balaban J connectivity index is 1.77. The molecule has 0 aliphatic heterocycles. The molecule has 4 aromatic rings. The number of hydrogen-bond acceptors (Lipinski definition) is 4. The first-order chi connectivity index (χ1) is 13.5. The SMILES string of the molecule is Cc1cccc(-c2[nH]ncc2-c2ccc(F)c(-c3ccc(C(C)O)cn3)c2)n1. The zero-order valence-corrected chi connectivity index (χ0v) is 15.5. The zero-order valence-electron chi connectivity index (χ0n) is 15.5. The summed E-state index contributed by atoms with van der Waals surface area (Å²) in [6, 6.07) is 14.1. The number of nitrogens with zero attached hydrogens (tertiary/aromatic N) is 3. The number of aromatic nitrogens is 4. The van der Waals surface area contributed by atoms with Crippen LogP contribution in [0.3, 0.4) is 0 Å². The maximum Gasteiger partial charge on any atom is 0.132 e. The van der Waals surface area contributed by atoms with E-state index < -0.39 is 6.10 Å². The van der Waals surface area contributed by atoms with E-state index in [-0.39, 0.29) is 5.82 Å². The lowest BCUT2D eigenvalue weighted by molar-refractivity contribution is 0.199. The molecule has 0 fully saturated rings. The molecular formula is C22H19FN4O. The topological polar surface area (TPSA) is 74.7 Å². The van der Waals surface area contributed by atoms with Crippen molar-refractivity contribution in [2.45, 2.75) is 20.0 Å². The van der Waals surface area contributed by atoms with Gasteiger partial charge in [-0.15, -0.1) is 0 Å². The standard InChI is InChI=1S/C22H19FN4O/c1-13-4-3-5-21(26-13)22-18(12-25-27-22)15-6-8-19(23)17(10-15)20-9-7-16(11-24-20)14(2)28/h3-12,14,28H,1-2H3,(H,25,27). The number of pyridine rings is 2. The van der Waals surface area contributed by atoms with Gasteiger partial charge in [-0.3, -0.25) is 15.1 Å². The Hall–Kier alpha value is -3.38. The molecule has 4 rings (SSSR count). The van der Waals surface area contributed by atoms with Gasteiger partial charge in [-0.05, 0) is 55.3 Å². The highest BCUT2D eigenvalue weighted by atomic mass is 19.1. The molecule has 3 heterocycles. The first-order valence-electron chi connectivity index (χ1n) is 8.94. The highest BCUT2D eigenvalue weighted by Crippen LogP contribution is 2.33. The zero-order chi connectivity index (χ0) is 19.7. The van der Waals surface area contributed by atoms with E-state index in [1.807, 2.05) is 25.1 Å². The lowest BCUT2D eigenvalue weighted by Crippen LogP contribution is -1.95. The number of aliphatic hydroxyl groups is 1. The van der Waals surface area contributed by atoms with Crippen molar-refractivity contribution < 1.29 is 9.50 Å². The molecule has 28 heavy (non-hydrogen) atoms. The van der Waals surface area contributed by atoms with Crippen LogP contribution in [0.25, 0.3) is 33.8 Å². The Kier molecular flexibility index (Phi) is 4.71. The van der Waals surface area contributed by atoms with E-state index in [2.05, 4.69) is 20.2 Å². The Labute approximate surface area is 161 Å². The van der Waals surface area contributed by atoms with Crippen LogP contribution in [-0.2, 0) is 0 Å². The number of H-pyrrole nitrogens is 1. The first-order valence-corrected chi connectivity index (χ1v) is 8.94. The Morgan fingerprint density at radius 2 is 1.86 bits per heavy atom. The molecule has 1 aromatic carbocycles. The van der Waals surface area contributed by atoms with Gasteiger partial charge in [-0.25, -0.2) is 4.39 Å². The quantitative estimate of drug-likeness (QED) is 0.543. The summed E-state index contributed by atoms with van der Waals surface area (Å²) in [5.74, 6) is -0.361. The van der Waals surface area contributed by atoms with Gasteiger partial charge >= 0.3 is 0 Å². The number of aromatic amines is 1. The molecule has 1 atom stereocenters. The lowest BCUT2D eigenvalue weighted by atomic mass is 10.00. The highest BCUT2D eigenvalue weighted by molar-refractivity contribution is 5.81. The number of nitrogens with one attached hydrogen (secondary N) is 1. The van der Waals surface area contributed by atoms with E-state index in [4.69, 9.17) is 0 Å². The van der Waals surface area contributed by atoms with Gasteiger partial charge in [0, 0.05) is 23.0 Å². The maximum absolute atomic E-state index is 14.5. The monoisotopic (exact) mass is 374 g/mol. The van der Waals surface area contributed by atoms with Gasteiger partial charge < -0.3 is 5.11 Å². The predicted molar refractivity (Wildman–Crippen MR) is 106 cm³/mol. The van der Waals surface area contributed by atoms with Crippen molar-refractivity contribution in [3.05, 3.63) is 78.0 Å². The van der Waals surface area contributed by atoms with Crippen molar-refractivity contribution in [1.82, 2.24) is 20.2 Å².